The summed E-state index contributed by atoms with van der Waals surface area (Å²) >= 11 is 3.37. The largest absolute Gasteiger partial charge is 0.481 e. The fraction of sp³-hybridized carbons (Fsp3) is 0.385. The molecule has 0 saturated carbocycles. The van der Waals surface area contributed by atoms with Crippen molar-refractivity contribution in [3.63, 3.8) is 0 Å². The highest BCUT2D eigenvalue weighted by molar-refractivity contribution is 9.10. The first-order chi connectivity index (χ1) is 8.90. The number of benzene rings is 1. The number of nitrogens with one attached hydrogen (secondary N) is 2. The number of halogens is 1. The van der Waals surface area contributed by atoms with Crippen molar-refractivity contribution in [3.8, 4) is 0 Å². The predicted octanol–water partition coefficient (Wildman–Crippen LogP) is 2.53. The number of urea groups is 1. The minimum absolute atomic E-state index is 0.104. The Morgan fingerprint density at radius 3 is 2.63 bits per heavy atom. The van der Waals surface area contributed by atoms with Crippen molar-refractivity contribution in [1.82, 2.24) is 10.6 Å². The predicted molar refractivity (Wildman–Crippen MR) is 75.9 cm³/mol. The van der Waals surface area contributed by atoms with E-state index in [0.29, 0.717) is 0 Å². The SMILES string of the molecule is CC(CNC(=O)NC(C)c1cccc(Br)c1)C(=O)O. The number of carbonyl (C=O) groups is 2. The average molecular weight is 329 g/mol. The summed E-state index contributed by atoms with van der Waals surface area (Å²) in [4.78, 5) is 22.2. The number of hydrogen-bond donors (Lipinski definition) is 3. The number of carbonyl (C=O) groups excluding carboxylic acids is 1. The van der Waals surface area contributed by atoms with Gasteiger partial charge >= 0.3 is 12.0 Å². The first kappa shape index (κ1) is 15.5. The van der Waals surface area contributed by atoms with E-state index in [1.807, 2.05) is 31.2 Å². The van der Waals surface area contributed by atoms with Gasteiger partial charge in [-0.15, -0.1) is 0 Å². The van der Waals surface area contributed by atoms with Crippen molar-refractivity contribution < 1.29 is 14.7 Å². The van der Waals surface area contributed by atoms with E-state index in [-0.39, 0.29) is 18.6 Å². The van der Waals surface area contributed by atoms with Crippen LogP contribution in [0.25, 0.3) is 0 Å². The molecular weight excluding hydrogens is 312 g/mol. The van der Waals surface area contributed by atoms with Gasteiger partial charge in [0, 0.05) is 11.0 Å². The van der Waals surface area contributed by atoms with Gasteiger partial charge < -0.3 is 15.7 Å². The fourth-order valence-corrected chi connectivity index (χ4v) is 1.86. The number of rotatable bonds is 5. The van der Waals surface area contributed by atoms with Crippen LogP contribution in [-0.4, -0.2) is 23.7 Å². The number of carboxylic acid groups (broad SMARTS) is 1. The molecule has 5 nitrogen and oxygen atoms in total. The standard InChI is InChI=1S/C13H17BrN2O3/c1-8(12(17)18)7-15-13(19)16-9(2)10-4-3-5-11(14)6-10/h3-6,8-9H,7H2,1-2H3,(H,17,18)(H2,15,16,19). The molecule has 0 aliphatic carbocycles. The molecule has 0 spiro atoms. The normalized spacial score (nSPS) is 13.4. The van der Waals surface area contributed by atoms with E-state index in [0.717, 1.165) is 10.0 Å². The van der Waals surface area contributed by atoms with E-state index in [1.54, 1.807) is 6.92 Å². The lowest BCUT2D eigenvalue weighted by Gasteiger charge is -2.16. The highest BCUT2D eigenvalue weighted by Crippen LogP contribution is 2.17. The summed E-state index contributed by atoms with van der Waals surface area (Å²) in [7, 11) is 0. The zero-order valence-corrected chi connectivity index (χ0v) is 12.4. The Kier molecular flexibility index (Phi) is 5.82. The van der Waals surface area contributed by atoms with Crippen LogP contribution in [0.1, 0.15) is 25.5 Å². The molecule has 2 amide bonds. The van der Waals surface area contributed by atoms with Gasteiger partial charge in [0.1, 0.15) is 0 Å². The van der Waals surface area contributed by atoms with Gasteiger partial charge in [-0.3, -0.25) is 4.79 Å². The van der Waals surface area contributed by atoms with Crippen LogP contribution in [0.5, 0.6) is 0 Å². The topological polar surface area (TPSA) is 78.4 Å². The maximum absolute atomic E-state index is 11.6. The van der Waals surface area contributed by atoms with Crippen LogP contribution in [0.2, 0.25) is 0 Å². The van der Waals surface area contributed by atoms with Gasteiger partial charge in [-0.2, -0.15) is 0 Å². The lowest BCUT2D eigenvalue weighted by Crippen LogP contribution is -2.40. The van der Waals surface area contributed by atoms with Gasteiger partial charge in [0.05, 0.1) is 12.0 Å². The number of amides is 2. The Morgan fingerprint density at radius 2 is 2.05 bits per heavy atom. The van der Waals surface area contributed by atoms with Crippen LogP contribution < -0.4 is 10.6 Å². The molecule has 1 aromatic rings. The zero-order chi connectivity index (χ0) is 14.4. The molecule has 0 aromatic heterocycles. The summed E-state index contributed by atoms with van der Waals surface area (Å²) < 4.78 is 0.943. The zero-order valence-electron chi connectivity index (χ0n) is 10.8. The second-order valence-electron chi connectivity index (χ2n) is 4.37. The number of carboxylic acids is 1. The fourth-order valence-electron chi connectivity index (χ4n) is 1.44. The van der Waals surface area contributed by atoms with Gasteiger partial charge in [-0.25, -0.2) is 4.79 Å². The molecule has 1 rings (SSSR count). The maximum Gasteiger partial charge on any atom is 0.315 e. The summed E-state index contributed by atoms with van der Waals surface area (Å²) in [5, 5.41) is 14.0. The summed E-state index contributed by atoms with van der Waals surface area (Å²) in [6.45, 7) is 3.51. The Morgan fingerprint density at radius 1 is 1.37 bits per heavy atom. The minimum atomic E-state index is -0.930. The summed E-state index contributed by atoms with van der Waals surface area (Å²) in [5.74, 6) is -1.53. The van der Waals surface area contributed by atoms with Crippen molar-refractivity contribution in [1.29, 1.82) is 0 Å². The molecule has 2 atom stereocenters. The van der Waals surface area contributed by atoms with Crippen molar-refractivity contribution in [2.75, 3.05) is 6.54 Å². The Hall–Kier alpha value is -1.56. The molecule has 0 aliphatic heterocycles. The van der Waals surface area contributed by atoms with Crippen LogP contribution in [0.3, 0.4) is 0 Å². The molecule has 0 aliphatic rings. The molecule has 6 heteroatoms. The molecule has 1 aromatic carbocycles. The third-order valence-corrected chi connectivity index (χ3v) is 3.18. The van der Waals surface area contributed by atoms with E-state index in [4.69, 9.17) is 5.11 Å². The second kappa shape index (κ2) is 7.13. The number of aliphatic carboxylic acids is 1. The Balaban J connectivity index is 2.46. The van der Waals surface area contributed by atoms with E-state index < -0.39 is 11.9 Å². The van der Waals surface area contributed by atoms with Crippen LogP contribution in [0, 0.1) is 5.92 Å². The third kappa shape index (κ3) is 5.30. The molecule has 19 heavy (non-hydrogen) atoms. The van der Waals surface area contributed by atoms with Crippen molar-refractivity contribution in [3.05, 3.63) is 34.3 Å². The molecule has 0 saturated heterocycles. The smallest absolute Gasteiger partial charge is 0.315 e. The molecule has 3 N–H and O–H groups in total. The van der Waals surface area contributed by atoms with Crippen LogP contribution in [-0.2, 0) is 4.79 Å². The second-order valence-corrected chi connectivity index (χ2v) is 5.29. The Bertz CT molecular complexity index is 465. The summed E-state index contributed by atoms with van der Waals surface area (Å²) in [5.41, 5.74) is 0.968. The first-order valence-corrected chi connectivity index (χ1v) is 6.72. The van der Waals surface area contributed by atoms with Gasteiger partial charge in [-0.1, -0.05) is 35.0 Å². The van der Waals surface area contributed by atoms with Crippen LogP contribution in [0.4, 0.5) is 4.79 Å². The lowest BCUT2D eigenvalue weighted by atomic mass is 10.1. The third-order valence-electron chi connectivity index (χ3n) is 2.69. The van der Waals surface area contributed by atoms with E-state index in [2.05, 4.69) is 26.6 Å². The van der Waals surface area contributed by atoms with Crippen molar-refractivity contribution in [2.24, 2.45) is 5.92 Å². The van der Waals surface area contributed by atoms with Crippen molar-refractivity contribution in [2.45, 2.75) is 19.9 Å². The molecule has 0 radical (unpaired) electrons. The summed E-state index contributed by atoms with van der Waals surface area (Å²) in [6, 6.07) is 7.10. The lowest BCUT2D eigenvalue weighted by molar-refractivity contribution is -0.140. The monoisotopic (exact) mass is 328 g/mol. The quantitative estimate of drug-likeness (QED) is 0.777. The maximum atomic E-state index is 11.6. The number of hydrogen-bond acceptors (Lipinski definition) is 2. The van der Waals surface area contributed by atoms with Gasteiger partial charge in [0.15, 0.2) is 0 Å². The van der Waals surface area contributed by atoms with Crippen LogP contribution in [0.15, 0.2) is 28.7 Å². The van der Waals surface area contributed by atoms with E-state index in [9.17, 15) is 9.59 Å². The van der Waals surface area contributed by atoms with Gasteiger partial charge in [-0.05, 0) is 24.6 Å². The molecule has 0 bridgehead atoms. The first-order valence-electron chi connectivity index (χ1n) is 5.92. The minimum Gasteiger partial charge on any atom is -0.481 e. The van der Waals surface area contributed by atoms with E-state index >= 15 is 0 Å². The van der Waals surface area contributed by atoms with Crippen LogP contribution >= 0.6 is 15.9 Å². The van der Waals surface area contributed by atoms with Gasteiger partial charge in [0.25, 0.3) is 0 Å². The highest BCUT2D eigenvalue weighted by Gasteiger charge is 2.13. The van der Waals surface area contributed by atoms with E-state index in [1.165, 1.54) is 0 Å². The Labute approximate surface area is 120 Å². The molecule has 0 heterocycles. The van der Waals surface area contributed by atoms with Gasteiger partial charge in [0.2, 0.25) is 0 Å². The molecule has 104 valence electrons. The highest BCUT2D eigenvalue weighted by atomic mass is 79.9. The molecule has 2 unspecified atom stereocenters. The van der Waals surface area contributed by atoms with Crippen molar-refractivity contribution >= 4 is 27.9 Å². The summed E-state index contributed by atoms with van der Waals surface area (Å²) in [6.07, 6.45) is 0. The molecular formula is C13H17BrN2O3. The average Bonchev–Trinajstić information content (AvgIpc) is 2.35. The molecule has 0 fully saturated rings.